The van der Waals surface area contributed by atoms with Crippen LogP contribution in [0.2, 0.25) is 0 Å². The second-order valence-corrected chi connectivity index (χ2v) is 4.27. The van der Waals surface area contributed by atoms with Gasteiger partial charge >= 0.3 is 0 Å². The molecule has 1 atom stereocenters. The Bertz CT molecular complexity index is 64.9. The Kier molecular flexibility index (Phi) is 3.85. The smallest absolute Gasteiger partial charge is 0.126 e. The summed E-state index contributed by atoms with van der Waals surface area (Å²) in [5, 5.41) is 0. The zero-order chi connectivity index (χ0) is 6.78. The molecule has 0 aromatic carbocycles. The Hall–Kier alpha value is 1.16. The molecule has 0 aromatic heterocycles. The second-order valence-electron chi connectivity index (χ2n) is 1.60. The van der Waals surface area contributed by atoms with Crippen LogP contribution in [0.25, 0.3) is 0 Å². The fraction of sp³-hybridized carbons (Fsp3) is 1.00. The third-order valence-electron chi connectivity index (χ3n) is 0.790. The van der Waals surface area contributed by atoms with E-state index in [4.69, 9.17) is 46.4 Å². The van der Waals surface area contributed by atoms with Crippen molar-refractivity contribution in [3.05, 3.63) is 0 Å². The van der Waals surface area contributed by atoms with Crippen molar-refractivity contribution < 1.29 is 0 Å². The van der Waals surface area contributed by atoms with Crippen molar-refractivity contribution in [2.45, 2.75) is 10.7 Å². The monoisotopic (exact) mass is 194 g/mol. The summed E-state index contributed by atoms with van der Waals surface area (Å²) in [6.45, 7) is 1.78. The van der Waals surface area contributed by atoms with Gasteiger partial charge in [0.2, 0.25) is 0 Å². The molecule has 4 heteroatoms. The fourth-order valence-electron chi connectivity index (χ4n) is 0.0875. The maximum Gasteiger partial charge on any atom is 0.194 e. The normalized spacial score (nSPS) is 16.1. The van der Waals surface area contributed by atoms with Gasteiger partial charge in [0, 0.05) is 11.8 Å². The predicted octanol–water partition coefficient (Wildman–Crippen LogP) is 3.23. The summed E-state index contributed by atoms with van der Waals surface area (Å²) in [4.78, 5) is 0. The minimum atomic E-state index is -1.21. The van der Waals surface area contributed by atoms with Crippen LogP contribution in [0.4, 0.5) is 0 Å². The van der Waals surface area contributed by atoms with Crippen LogP contribution in [0, 0.1) is 5.92 Å². The standard InChI is InChI=1S/C4H6Cl4/c1-3(2-5)4(6,7)8/h3H,2H2,1H3. The number of rotatable bonds is 1. The van der Waals surface area contributed by atoms with E-state index in [0.29, 0.717) is 5.88 Å². The summed E-state index contributed by atoms with van der Waals surface area (Å²) >= 11 is 21.7. The Morgan fingerprint density at radius 2 is 1.75 bits per heavy atom. The lowest BCUT2D eigenvalue weighted by molar-refractivity contribution is 0.678. The summed E-state index contributed by atoms with van der Waals surface area (Å²) in [5.74, 6) is 0.283. The van der Waals surface area contributed by atoms with Crippen molar-refractivity contribution in [1.29, 1.82) is 0 Å². The molecule has 50 valence electrons. The number of halogens is 4. The minimum Gasteiger partial charge on any atom is -0.126 e. The van der Waals surface area contributed by atoms with E-state index in [1.807, 2.05) is 0 Å². The van der Waals surface area contributed by atoms with Crippen LogP contribution in [-0.2, 0) is 0 Å². The molecule has 0 spiro atoms. The van der Waals surface area contributed by atoms with Crippen LogP contribution >= 0.6 is 46.4 Å². The molecule has 0 aromatic rings. The molecule has 0 N–H and O–H groups in total. The van der Waals surface area contributed by atoms with E-state index >= 15 is 0 Å². The van der Waals surface area contributed by atoms with Gasteiger partial charge < -0.3 is 0 Å². The van der Waals surface area contributed by atoms with Crippen molar-refractivity contribution in [3.63, 3.8) is 0 Å². The lowest BCUT2D eigenvalue weighted by atomic mass is 10.3. The quantitative estimate of drug-likeness (QED) is 0.564. The summed E-state index contributed by atoms with van der Waals surface area (Å²) in [6.07, 6.45) is 0. The van der Waals surface area contributed by atoms with Crippen LogP contribution in [0.1, 0.15) is 6.92 Å². The zero-order valence-corrected chi connectivity index (χ0v) is 7.32. The zero-order valence-electron chi connectivity index (χ0n) is 4.30. The molecule has 0 nitrogen and oxygen atoms in total. The van der Waals surface area contributed by atoms with Crippen LogP contribution < -0.4 is 0 Å². The fourth-order valence-corrected chi connectivity index (χ4v) is 0.787. The van der Waals surface area contributed by atoms with Crippen LogP contribution in [0.5, 0.6) is 0 Å². The molecule has 0 aliphatic rings. The van der Waals surface area contributed by atoms with Crippen molar-refractivity contribution >= 4 is 46.4 Å². The van der Waals surface area contributed by atoms with E-state index < -0.39 is 3.79 Å². The Morgan fingerprint density at radius 3 is 1.75 bits per heavy atom. The first-order valence-electron chi connectivity index (χ1n) is 2.11. The highest BCUT2D eigenvalue weighted by Gasteiger charge is 2.27. The third kappa shape index (κ3) is 3.24. The SMILES string of the molecule is CC(CCl)C(Cl)(Cl)Cl. The summed E-state index contributed by atoms with van der Waals surface area (Å²) in [5.41, 5.74) is 0. The maximum atomic E-state index is 5.43. The van der Waals surface area contributed by atoms with E-state index in [1.54, 1.807) is 6.92 Å². The topological polar surface area (TPSA) is 0 Å². The third-order valence-corrected chi connectivity index (χ3v) is 2.37. The lowest BCUT2D eigenvalue weighted by Gasteiger charge is -2.16. The first-order chi connectivity index (χ1) is 3.48. The molecule has 0 saturated heterocycles. The van der Waals surface area contributed by atoms with Gasteiger partial charge in [-0.2, -0.15) is 0 Å². The van der Waals surface area contributed by atoms with Crippen molar-refractivity contribution in [3.8, 4) is 0 Å². The van der Waals surface area contributed by atoms with Crippen molar-refractivity contribution in [2.24, 2.45) is 5.92 Å². The van der Waals surface area contributed by atoms with E-state index in [-0.39, 0.29) is 5.92 Å². The van der Waals surface area contributed by atoms with Gasteiger partial charge in [-0.3, -0.25) is 0 Å². The molecule has 0 aliphatic heterocycles. The molecule has 8 heavy (non-hydrogen) atoms. The summed E-state index contributed by atoms with van der Waals surface area (Å²) in [6, 6.07) is 0. The molecule has 0 heterocycles. The van der Waals surface area contributed by atoms with Crippen molar-refractivity contribution in [2.75, 3.05) is 5.88 Å². The number of hydrogen-bond acceptors (Lipinski definition) is 0. The molecule has 0 amide bonds. The summed E-state index contributed by atoms with van der Waals surface area (Å²) < 4.78 is -1.21. The van der Waals surface area contributed by atoms with Gasteiger partial charge in [0.1, 0.15) is 0 Å². The lowest BCUT2D eigenvalue weighted by Crippen LogP contribution is -2.16. The Morgan fingerprint density at radius 1 is 1.38 bits per heavy atom. The largest absolute Gasteiger partial charge is 0.194 e. The van der Waals surface area contributed by atoms with E-state index in [2.05, 4.69) is 0 Å². The highest BCUT2D eigenvalue weighted by Crippen LogP contribution is 2.34. The highest BCUT2D eigenvalue weighted by molar-refractivity contribution is 6.67. The van der Waals surface area contributed by atoms with Gasteiger partial charge in [0.05, 0.1) is 0 Å². The Labute approximate surface area is 69.0 Å². The van der Waals surface area contributed by atoms with Gasteiger partial charge in [0.25, 0.3) is 0 Å². The van der Waals surface area contributed by atoms with E-state index in [9.17, 15) is 0 Å². The first kappa shape index (κ1) is 9.16. The average Bonchev–Trinajstić information content (AvgIpc) is 1.62. The molecule has 0 aliphatic carbocycles. The van der Waals surface area contributed by atoms with Crippen molar-refractivity contribution in [1.82, 2.24) is 0 Å². The molecule has 0 radical (unpaired) electrons. The van der Waals surface area contributed by atoms with Gasteiger partial charge in [-0.1, -0.05) is 41.7 Å². The van der Waals surface area contributed by atoms with Gasteiger partial charge in [-0.15, -0.1) is 11.6 Å². The van der Waals surface area contributed by atoms with Gasteiger partial charge in [-0.05, 0) is 0 Å². The van der Waals surface area contributed by atoms with E-state index in [0.717, 1.165) is 0 Å². The molecule has 1 unspecified atom stereocenters. The number of hydrogen-bond donors (Lipinski definition) is 0. The summed E-state index contributed by atoms with van der Waals surface area (Å²) in [7, 11) is 0. The van der Waals surface area contributed by atoms with E-state index in [1.165, 1.54) is 0 Å². The van der Waals surface area contributed by atoms with Gasteiger partial charge in [0.15, 0.2) is 3.79 Å². The highest BCUT2D eigenvalue weighted by atomic mass is 35.6. The first-order valence-corrected chi connectivity index (χ1v) is 3.78. The molecule has 0 rings (SSSR count). The average molecular weight is 196 g/mol. The Balaban J connectivity index is 3.62. The van der Waals surface area contributed by atoms with Gasteiger partial charge in [-0.25, -0.2) is 0 Å². The predicted molar refractivity (Wildman–Crippen MR) is 40.2 cm³/mol. The molecular formula is C4H6Cl4. The molecular weight excluding hydrogens is 190 g/mol. The molecule has 0 fully saturated rings. The second kappa shape index (κ2) is 3.36. The minimum absolute atomic E-state index is 0.0887. The van der Waals surface area contributed by atoms with Crippen LogP contribution in [-0.4, -0.2) is 9.67 Å². The van der Waals surface area contributed by atoms with Crippen LogP contribution in [0.15, 0.2) is 0 Å². The molecule has 0 saturated carbocycles. The molecule has 0 bridgehead atoms. The van der Waals surface area contributed by atoms with Crippen LogP contribution in [0.3, 0.4) is 0 Å². The maximum absolute atomic E-state index is 5.43. The number of alkyl halides is 4.